The van der Waals surface area contributed by atoms with Gasteiger partial charge in [-0.05, 0) is 17.7 Å². The second-order valence-electron chi connectivity index (χ2n) is 2.50. The zero-order chi connectivity index (χ0) is 9.84. The molecule has 1 aromatic carbocycles. The van der Waals surface area contributed by atoms with E-state index in [1.807, 2.05) is 0 Å². The minimum atomic E-state index is -1.07. The molecule has 0 saturated heterocycles. The Labute approximate surface area is 80.3 Å². The van der Waals surface area contributed by atoms with Crippen LogP contribution in [-0.4, -0.2) is 11.2 Å². The van der Waals surface area contributed by atoms with E-state index in [9.17, 15) is 4.79 Å². The molecule has 0 bridgehead atoms. The number of nitrogen functional groups attached to an aromatic ring is 1. The van der Waals surface area contributed by atoms with E-state index in [0.717, 1.165) is 0 Å². The summed E-state index contributed by atoms with van der Waals surface area (Å²) in [5.74, 6) is 0. The Balaban J connectivity index is 2.72. The molecule has 0 aliphatic rings. The van der Waals surface area contributed by atoms with Crippen molar-refractivity contribution in [3.63, 3.8) is 0 Å². The molecule has 0 fully saturated rings. The maximum Gasteiger partial charge on any atom is 0.404 e. The van der Waals surface area contributed by atoms with Crippen LogP contribution < -0.4 is 11.1 Å². The Morgan fingerprint density at radius 3 is 2.85 bits per heavy atom. The zero-order valence-electron chi connectivity index (χ0n) is 6.75. The normalized spacial score (nSPS) is 9.62. The summed E-state index contributed by atoms with van der Waals surface area (Å²) in [7, 11) is 0. The molecule has 0 atom stereocenters. The molecule has 0 unspecified atom stereocenters. The highest BCUT2D eigenvalue weighted by Gasteiger charge is 2.01. The number of nitrogens with two attached hydrogens (primary N) is 1. The number of anilines is 1. The molecule has 70 valence electrons. The number of carbonyl (C=O) groups is 1. The molecular formula is C8H9ClN2O2. The standard InChI is InChI=1S/C8H9ClN2O2/c9-6-2-1-5(7(10)3-6)4-11-8(12)13/h1-3,11H,4,10H2,(H,12,13). The smallest absolute Gasteiger partial charge is 0.404 e. The number of rotatable bonds is 2. The van der Waals surface area contributed by atoms with Crippen molar-refractivity contribution in [1.82, 2.24) is 5.32 Å². The summed E-state index contributed by atoms with van der Waals surface area (Å²) >= 11 is 5.66. The molecule has 0 aliphatic carbocycles. The van der Waals surface area contributed by atoms with Gasteiger partial charge >= 0.3 is 6.09 Å². The van der Waals surface area contributed by atoms with Gasteiger partial charge in [0.05, 0.1) is 0 Å². The Hall–Kier alpha value is -1.42. The van der Waals surface area contributed by atoms with Crippen LogP contribution in [0.1, 0.15) is 5.56 Å². The quantitative estimate of drug-likeness (QED) is 0.636. The lowest BCUT2D eigenvalue weighted by atomic mass is 10.2. The molecule has 1 rings (SSSR count). The SMILES string of the molecule is Nc1cc(Cl)ccc1CNC(=O)O. The average molecular weight is 201 g/mol. The summed E-state index contributed by atoms with van der Waals surface area (Å²) in [6.45, 7) is 0.193. The van der Waals surface area contributed by atoms with Crippen LogP contribution in [-0.2, 0) is 6.54 Å². The van der Waals surface area contributed by atoms with Crippen molar-refractivity contribution >= 4 is 23.4 Å². The van der Waals surface area contributed by atoms with Crippen molar-refractivity contribution in [2.45, 2.75) is 6.54 Å². The van der Waals surface area contributed by atoms with Crippen LogP contribution in [0.15, 0.2) is 18.2 Å². The second kappa shape index (κ2) is 4.00. The highest BCUT2D eigenvalue weighted by atomic mass is 35.5. The third kappa shape index (κ3) is 2.83. The first kappa shape index (κ1) is 9.67. The molecule has 4 N–H and O–H groups in total. The van der Waals surface area contributed by atoms with Crippen LogP contribution in [0, 0.1) is 0 Å². The molecule has 0 aromatic heterocycles. The third-order valence-corrected chi connectivity index (χ3v) is 1.77. The summed E-state index contributed by atoms with van der Waals surface area (Å²) in [5.41, 5.74) is 6.79. The van der Waals surface area contributed by atoms with Crippen LogP contribution in [0.25, 0.3) is 0 Å². The van der Waals surface area contributed by atoms with Gasteiger partial charge in [-0.1, -0.05) is 17.7 Å². The van der Waals surface area contributed by atoms with Crippen LogP contribution in [0.3, 0.4) is 0 Å². The minimum absolute atomic E-state index is 0.193. The molecule has 0 spiro atoms. The van der Waals surface area contributed by atoms with E-state index in [0.29, 0.717) is 16.3 Å². The molecular weight excluding hydrogens is 192 g/mol. The highest BCUT2D eigenvalue weighted by Crippen LogP contribution is 2.17. The van der Waals surface area contributed by atoms with Gasteiger partial charge in [0.15, 0.2) is 0 Å². The molecule has 0 radical (unpaired) electrons. The monoisotopic (exact) mass is 200 g/mol. The molecule has 1 aromatic rings. The Bertz CT molecular complexity index is 328. The maximum absolute atomic E-state index is 10.2. The van der Waals surface area contributed by atoms with Crippen molar-refractivity contribution in [3.05, 3.63) is 28.8 Å². The van der Waals surface area contributed by atoms with Crippen molar-refractivity contribution in [2.75, 3.05) is 5.73 Å². The van der Waals surface area contributed by atoms with Gasteiger partial charge in [0.1, 0.15) is 0 Å². The van der Waals surface area contributed by atoms with E-state index in [1.165, 1.54) is 0 Å². The van der Waals surface area contributed by atoms with Gasteiger partial charge in [-0.15, -0.1) is 0 Å². The summed E-state index contributed by atoms with van der Waals surface area (Å²) in [6.07, 6.45) is -1.07. The largest absolute Gasteiger partial charge is 0.465 e. The number of amides is 1. The Morgan fingerprint density at radius 2 is 2.31 bits per heavy atom. The Kier molecular flexibility index (Phi) is 2.97. The first-order chi connectivity index (χ1) is 6.09. The number of benzene rings is 1. The van der Waals surface area contributed by atoms with Gasteiger partial charge in [0.25, 0.3) is 0 Å². The lowest BCUT2D eigenvalue weighted by molar-refractivity contribution is 0.194. The maximum atomic E-state index is 10.2. The van der Waals surface area contributed by atoms with Gasteiger partial charge < -0.3 is 16.2 Å². The predicted octanol–water partition coefficient (Wildman–Crippen LogP) is 1.69. The first-order valence-corrected chi connectivity index (χ1v) is 3.98. The number of hydrogen-bond acceptors (Lipinski definition) is 2. The van der Waals surface area contributed by atoms with E-state index in [4.69, 9.17) is 22.4 Å². The van der Waals surface area contributed by atoms with Gasteiger partial charge in [0, 0.05) is 17.3 Å². The van der Waals surface area contributed by atoms with Crippen LogP contribution in [0.2, 0.25) is 5.02 Å². The van der Waals surface area contributed by atoms with E-state index in [1.54, 1.807) is 18.2 Å². The fraction of sp³-hybridized carbons (Fsp3) is 0.125. The predicted molar refractivity (Wildman–Crippen MR) is 50.7 cm³/mol. The molecule has 0 heterocycles. The van der Waals surface area contributed by atoms with Crippen molar-refractivity contribution in [2.24, 2.45) is 0 Å². The minimum Gasteiger partial charge on any atom is -0.465 e. The lowest BCUT2D eigenvalue weighted by Crippen LogP contribution is -2.20. The van der Waals surface area contributed by atoms with Crippen LogP contribution in [0.5, 0.6) is 0 Å². The summed E-state index contributed by atoms with van der Waals surface area (Å²) in [6, 6.07) is 4.94. The topological polar surface area (TPSA) is 75.3 Å². The van der Waals surface area contributed by atoms with E-state index >= 15 is 0 Å². The molecule has 0 aliphatic heterocycles. The number of carboxylic acid groups (broad SMARTS) is 1. The van der Waals surface area contributed by atoms with Gasteiger partial charge in [-0.3, -0.25) is 0 Å². The number of hydrogen-bond donors (Lipinski definition) is 3. The molecule has 5 heteroatoms. The van der Waals surface area contributed by atoms with Crippen molar-refractivity contribution in [3.8, 4) is 0 Å². The van der Waals surface area contributed by atoms with E-state index < -0.39 is 6.09 Å². The summed E-state index contributed by atoms with van der Waals surface area (Å²) in [4.78, 5) is 10.2. The average Bonchev–Trinajstić information content (AvgIpc) is 2.02. The van der Waals surface area contributed by atoms with Crippen molar-refractivity contribution < 1.29 is 9.90 Å². The fourth-order valence-electron chi connectivity index (χ4n) is 0.898. The third-order valence-electron chi connectivity index (χ3n) is 1.54. The zero-order valence-corrected chi connectivity index (χ0v) is 7.51. The Morgan fingerprint density at radius 1 is 1.62 bits per heavy atom. The van der Waals surface area contributed by atoms with E-state index in [-0.39, 0.29) is 6.54 Å². The first-order valence-electron chi connectivity index (χ1n) is 3.60. The number of halogens is 1. The fourth-order valence-corrected chi connectivity index (χ4v) is 1.08. The summed E-state index contributed by atoms with van der Waals surface area (Å²) in [5, 5.41) is 11.1. The number of nitrogens with one attached hydrogen (secondary N) is 1. The molecule has 1 amide bonds. The van der Waals surface area contributed by atoms with Gasteiger partial charge in [-0.2, -0.15) is 0 Å². The van der Waals surface area contributed by atoms with Gasteiger partial charge in [0.2, 0.25) is 0 Å². The second-order valence-corrected chi connectivity index (χ2v) is 2.94. The molecule has 4 nitrogen and oxygen atoms in total. The lowest BCUT2D eigenvalue weighted by Gasteiger charge is -2.05. The van der Waals surface area contributed by atoms with Gasteiger partial charge in [-0.25, -0.2) is 4.79 Å². The van der Waals surface area contributed by atoms with Crippen molar-refractivity contribution in [1.29, 1.82) is 0 Å². The van der Waals surface area contributed by atoms with Crippen LogP contribution >= 0.6 is 11.6 Å². The molecule has 0 saturated carbocycles. The molecule has 13 heavy (non-hydrogen) atoms. The van der Waals surface area contributed by atoms with Crippen LogP contribution in [0.4, 0.5) is 10.5 Å². The van der Waals surface area contributed by atoms with E-state index in [2.05, 4.69) is 5.32 Å². The summed E-state index contributed by atoms with van der Waals surface area (Å²) < 4.78 is 0. The highest BCUT2D eigenvalue weighted by molar-refractivity contribution is 6.30.